The Kier molecular flexibility index (Phi) is 5.22. The van der Waals surface area contributed by atoms with Gasteiger partial charge in [0.05, 0.1) is 0 Å². The van der Waals surface area contributed by atoms with E-state index in [2.05, 4.69) is 48.5 Å². The summed E-state index contributed by atoms with van der Waals surface area (Å²) >= 11 is 1.91. The zero-order chi connectivity index (χ0) is 13.0. The maximum absolute atomic E-state index is 3.74. The lowest BCUT2D eigenvalue weighted by Crippen LogP contribution is -2.49. The van der Waals surface area contributed by atoms with E-state index in [0.29, 0.717) is 6.04 Å². The van der Waals surface area contributed by atoms with Crippen molar-refractivity contribution in [3.8, 4) is 0 Å². The van der Waals surface area contributed by atoms with Crippen LogP contribution in [-0.2, 0) is 0 Å². The first-order valence-electron chi connectivity index (χ1n) is 7.18. The van der Waals surface area contributed by atoms with Crippen molar-refractivity contribution in [3.05, 3.63) is 22.4 Å². The number of nitrogens with one attached hydrogen (secondary N) is 1. The lowest BCUT2D eigenvalue weighted by molar-refractivity contribution is 0.178. The van der Waals surface area contributed by atoms with Crippen LogP contribution < -0.4 is 5.32 Å². The van der Waals surface area contributed by atoms with E-state index in [0.717, 1.165) is 18.4 Å². The fraction of sp³-hybridized carbons (Fsp3) is 0.733. The first-order valence-corrected chi connectivity index (χ1v) is 8.06. The van der Waals surface area contributed by atoms with E-state index in [-0.39, 0.29) is 0 Å². The van der Waals surface area contributed by atoms with Crippen LogP contribution in [-0.4, -0.2) is 37.1 Å². The second-order valence-electron chi connectivity index (χ2n) is 5.80. The van der Waals surface area contributed by atoms with Crippen LogP contribution in [0.25, 0.3) is 0 Å². The van der Waals surface area contributed by atoms with E-state index in [1.807, 2.05) is 11.3 Å². The average molecular weight is 266 g/mol. The van der Waals surface area contributed by atoms with Crippen LogP contribution in [0.3, 0.4) is 0 Å². The van der Waals surface area contributed by atoms with Gasteiger partial charge in [-0.3, -0.25) is 0 Å². The third-order valence-corrected chi connectivity index (χ3v) is 4.77. The molecular formula is C15H26N2S. The Morgan fingerprint density at radius 3 is 2.89 bits per heavy atom. The van der Waals surface area contributed by atoms with Gasteiger partial charge in [-0.05, 0) is 36.9 Å². The summed E-state index contributed by atoms with van der Waals surface area (Å²) in [7, 11) is 0. The molecule has 0 aromatic carbocycles. The standard InChI is InChI=1S/C15H26N2S/c1-4-17-10-13(15-6-5-7-18-15)8-14(11-17)16-9-12(2)3/h5-7,12-14,16H,4,8-11H2,1-3H3. The summed E-state index contributed by atoms with van der Waals surface area (Å²) in [6, 6.07) is 5.14. The molecule has 1 aromatic rings. The minimum absolute atomic E-state index is 0.660. The highest BCUT2D eigenvalue weighted by molar-refractivity contribution is 7.10. The molecule has 1 aromatic heterocycles. The van der Waals surface area contributed by atoms with E-state index < -0.39 is 0 Å². The zero-order valence-corrected chi connectivity index (χ0v) is 12.7. The lowest BCUT2D eigenvalue weighted by Gasteiger charge is -2.37. The Hall–Kier alpha value is -0.380. The normalized spacial score (nSPS) is 25.8. The molecule has 18 heavy (non-hydrogen) atoms. The van der Waals surface area contributed by atoms with Crippen LogP contribution in [0.1, 0.15) is 38.0 Å². The van der Waals surface area contributed by atoms with E-state index >= 15 is 0 Å². The van der Waals surface area contributed by atoms with Gasteiger partial charge < -0.3 is 10.2 Å². The van der Waals surface area contributed by atoms with E-state index in [4.69, 9.17) is 0 Å². The number of rotatable bonds is 5. The largest absolute Gasteiger partial charge is 0.312 e. The predicted octanol–water partition coefficient (Wildman–Crippen LogP) is 3.17. The number of likely N-dealkylation sites (N-methyl/N-ethyl adjacent to an activating group) is 1. The molecule has 0 amide bonds. The van der Waals surface area contributed by atoms with E-state index in [1.54, 1.807) is 4.88 Å². The quantitative estimate of drug-likeness (QED) is 0.880. The number of thiophene rings is 1. The van der Waals surface area contributed by atoms with Gasteiger partial charge in [0.1, 0.15) is 0 Å². The van der Waals surface area contributed by atoms with Crippen molar-refractivity contribution in [2.24, 2.45) is 5.92 Å². The predicted molar refractivity (Wildman–Crippen MR) is 80.4 cm³/mol. The van der Waals surface area contributed by atoms with Crippen molar-refractivity contribution in [3.63, 3.8) is 0 Å². The fourth-order valence-electron chi connectivity index (χ4n) is 2.73. The van der Waals surface area contributed by atoms with Gasteiger partial charge in [-0.1, -0.05) is 26.8 Å². The molecule has 0 radical (unpaired) electrons. The maximum atomic E-state index is 3.74. The topological polar surface area (TPSA) is 15.3 Å². The van der Waals surface area contributed by atoms with Gasteiger partial charge >= 0.3 is 0 Å². The van der Waals surface area contributed by atoms with Gasteiger partial charge in [0.2, 0.25) is 0 Å². The second-order valence-corrected chi connectivity index (χ2v) is 6.78. The highest BCUT2D eigenvalue weighted by atomic mass is 32.1. The Bertz CT molecular complexity index is 334. The van der Waals surface area contributed by atoms with Crippen molar-refractivity contribution in [2.45, 2.75) is 39.2 Å². The Morgan fingerprint density at radius 2 is 2.28 bits per heavy atom. The van der Waals surface area contributed by atoms with Crippen LogP contribution in [0.4, 0.5) is 0 Å². The molecule has 0 saturated carbocycles. The van der Waals surface area contributed by atoms with Crippen molar-refractivity contribution in [1.82, 2.24) is 10.2 Å². The minimum atomic E-state index is 0.660. The molecule has 2 rings (SSSR count). The number of piperidine rings is 1. The number of nitrogens with zero attached hydrogens (tertiary/aromatic N) is 1. The van der Waals surface area contributed by atoms with E-state index in [9.17, 15) is 0 Å². The summed E-state index contributed by atoms with van der Waals surface area (Å²) in [5.74, 6) is 1.46. The maximum Gasteiger partial charge on any atom is 0.0201 e. The molecule has 3 heteroatoms. The van der Waals surface area contributed by atoms with Crippen LogP contribution in [0.15, 0.2) is 17.5 Å². The summed E-state index contributed by atoms with van der Waals surface area (Å²) in [4.78, 5) is 4.15. The molecule has 2 nitrogen and oxygen atoms in total. The molecule has 2 heterocycles. The van der Waals surface area contributed by atoms with Gasteiger partial charge in [0.25, 0.3) is 0 Å². The SMILES string of the molecule is CCN1CC(NCC(C)C)CC(c2cccs2)C1. The Morgan fingerprint density at radius 1 is 1.44 bits per heavy atom. The first-order chi connectivity index (χ1) is 8.69. The summed E-state index contributed by atoms with van der Waals surface area (Å²) in [5.41, 5.74) is 0. The molecule has 0 bridgehead atoms. The average Bonchev–Trinajstić information content (AvgIpc) is 2.89. The van der Waals surface area contributed by atoms with Crippen LogP contribution >= 0.6 is 11.3 Å². The molecule has 0 spiro atoms. The lowest BCUT2D eigenvalue weighted by atomic mass is 9.92. The molecule has 2 atom stereocenters. The number of hydrogen-bond donors (Lipinski definition) is 1. The first kappa shape index (κ1) is 14.0. The van der Waals surface area contributed by atoms with Gasteiger partial charge in [0, 0.05) is 29.9 Å². The third kappa shape index (κ3) is 3.81. The molecule has 1 fully saturated rings. The van der Waals surface area contributed by atoms with Crippen molar-refractivity contribution < 1.29 is 0 Å². The smallest absolute Gasteiger partial charge is 0.0201 e. The van der Waals surface area contributed by atoms with Crippen molar-refractivity contribution in [2.75, 3.05) is 26.2 Å². The van der Waals surface area contributed by atoms with Crippen LogP contribution in [0.2, 0.25) is 0 Å². The van der Waals surface area contributed by atoms with E-state index in [1.165, 1.54) is 26.1 Å². The summed E-state index contributed by atoms with van der Waals surface area (Å²) in [6.45, 7) is 11.6. The van der Waals surface area contributed by atoms with Crippen LogP contribution in [0.5, 0.6) is 0 Å². The van der Waals surface area contributed by atoms with Gasteiger partial charge in [-0.25, -0.2) is 0 Å². The fourth-order valence-corrected chi connectivity index (χ4v) is 3.56. The number of hydrogen-bond acceptors (Lipinski definition) is 3. The highest BCUT2D eigenvalue weighted by Gasteiger charge is 2.27. The van der Waals surface area contributed by atoms with Crippen molar-refractivity contribution in [1.29, 1.82) is 0 Å². The highest BCUT2D eigenvalue weighted by Crippen LogP contribution is 2.30. The zero-order valence-electron chi connectivity index (χ0n) is 11.9. The molecule has 102 valence electrons. The van der Waals surface area contributed by atoms with Crippen LogP contribution in [0, 0.1) is 5.92 Å². The Labute approximate surface area is 115 Å². The molecule has 2 unspecified atom stereocenters. The number of likely N-dealkylation sites (tertiary alicyclic amines) is 1. The molecule has 0 aliphatic carbocycles. The van der Waals surface area contributed by atoms with Gasteiger partial charge in [0.15, 0.2) is 0 Å². The van der Waals surface area contributed by atoms with Crippen molar-refractivity contribution >= 4 is 11.3 Å². The second kappa shape index (κ2) is 6.69. The molecule has 1 aliphatic heterocycles. The Balaban J connectivity index is 1.95. The molecule has 1 aliphatic rings. The van der Waals surface area contributed by atoms with Gasteiger partial charge in [-0.15, -0.1) is 11.3 Å². The summed E-state index contributed by atoms with van der Waals surface area (Å²) < 4.78 is 0. The summed E-state index contributed by atoms with van der Waals surface area (Å²) in [5, 5.41) is 5.95. The summed E-state index contributed by atoms with van der Waals surface area (Å²) in [6.07, 6.45) is 1.30. The third-order valence-electron chi connectivity index (χ3n) is 3.73. The molecule has 1 saturated heterocycles. The molecule has 1 N–H and O–H groups in total. The molecular weight excluding hydrogens is 240 g/mol. The van der Waals surface area contributed by atoms with Gasteiger partial charge in [-0.2, -0.15) is 0 Å². The monoisotopic (exact) mass is 266 g/mol. The minimum Gasteiger partial charge on any atom is -0.312 e.